The Balaban J connectivity index is 1.82. The fourth-order valence-corrected chi connectivity index (χ4v) is 2.43. The van der Waals surface area contributed by atoms with Crippen molar-refractivity contribution < 1.29 is 23.8 Å². The third-order valence-electron chi connectivity index (χ3n) is 3.47. The number of carbonyl (C=O) groups is 2. The van der Waals surface area contributed by atoms with Crippen molar-refractivity contribution in [2.75, 3.05) is 12.4 Å². The van der Waals surface area contributed by atoms with Crippen LogP contribution in [0.3, 0.4) is 0 Å². The van der Waals surface area contributed by atoms with E-state index in [1.807, 2.05) is 0 Å². The van der Waals surface area contributed by atoms with Crippen LogP contribution in [0.5, 0.6) is 5.75 Å². The summed E-state index contributed by atoms with van der Waals surface area (Å²) in [5.41, 5.74) is 1.02. The van der Waals surface area contributed by atoms with Gasteiger partial charge in [-0.3, -0.25) is 0 Å². The molecule has 3 rings (SSSR count). The van der Waals surface area contributed by atoms with Gasteiger partial charge in [0.1, 0.15) is 11.4 Å². The number of hydrogen-bond acceptors (Lipinski definition) is 6. The van der Waals surface area contributed by atoms with Gasteiger partial charge in [0.2, 0.25) is 0 Å². The van der Waals surface area contributed by atoms with Crippen LogP contribution < -0.4 is 10.1 Å². The fraction of sp³-hybridized carbons (Fsp3) is 0.111. The van der Waals surface area contributed by atoms with E-state index in [1.54, 1.807) is 54.6 Å². The van der Waals surface area contributed by atoms with Gasteiger partial charge in [-0.05, 0) is 24.3 Å². The molecule has 1 aliphatic heterocycles. The minimum atomic E-state index is -1.27. The monoisotopic (exact) mass is 359 g/mol. The lowest BCUT2D eigenvalue weighted by Gasteiger charge is -2.17. The summed E-state index contributed by atoms with van der Waals surface area (Å²) in [5, 5.41) is 2.76. The van der Waals surface area contributed by atoms with Crippen LogP contribution in [0.2, 0.25) is 0 Å². The average Bonchev–Trinajstić information content (AvgIpc) is 2.90. The SMILES string of the molecule is COc1ccccc1NC1=C(Cl)C(=O)O[C@H]1OC(=O)c1ccccc1. The summed E-state index contributed by atoms with van der Waals surface area (Å²) in [6.07, 6.45) is -1.27. The number of rotatable bonds is 5. The third kappa shape index (κ3) is 3.59. The van der Waals surface area contributed by atoms with E-state index < -0.39 is 18.2 Å². The van der Waals surface area contributed by atoms with Crippen LogP contribution in [0.1, 0.15) is 10.4 Å². The fourth-order valence-electron chi connectivity index (χ4n) is 2.25. The highest BCUT2D eigenvalue weighted by atomic mass is 35.5. The van der Waals surface area contributed by atoms with Crippen molar-refractivity contribution >= 4 is 29.2 Å². The lowest BCUT2D eigenvalue weighted by Crippen LogP contribution is -2.24. The molecule has 2 aromatic carbocycles. The number of cyclic esters (lactones) is 1. The van der Waals surface area contributed by atoms with Crippen molar-refractivity contribution in [2.24, 2.45) is 0 Å². The number of methoxy groups -OCH3 is 1. The molecule has 0 aliphatic carbocycles. The second-order valence-electron chi connectivity index (χ2n) is 5.06. The Labute approximate surface area is 148 Å². The molecule has 1 atom stereocenters. The first-order valence-electron chi connectivity index (χ1n) is 7.37. The molecule has 0 radical (unpaired) electrons. The summed E-state index contributed by atoms with van der Waals surface area (Å²) in [5.74, 6) is -0.874. The summed E-state index contributed by atoms with van der Waals surface area (Å²) >= 11 is 6.01. The first-order valence-corrected chi connectivity index (χ1v) is 7.74. The maximum atomic E-state index is 12.2. The van der Waals surface area contributed by atoms with E-state index in [4.69, 9.17) is 25.8 Å². The maximum absolute atomic E-state index is 12.2. The third-order valence-corrected chi connectivity index (χ3v) is 3.82. The second kappa shape index (κ2) is 7.27. The molecule has 7 heteroatoms. The normalized spacial score (nSPS) is 16.4. The van der Waals surface area contributed by atoms with E-state index in [1.165, 1.54) is 7.11 Å². The van der Waals surface area contributed by atoms with Crippen LogP contribution in [0.15, 0.2) is 65.3 Å². The number of benzene rings is 2. The first kappa shape index (κ1) is 16.9. The molecule has 1 aliphatic rings. The van der Waals surface area contributed by atoms with E-state index >= 15 is 0 Å². The minimum Gasteiger partial charge on any atom is -0.495 e. The Bertz CT molecular complexity index is 834. The number of ether oxygens (including phenoxy) is 3. The highest BCUT2D eigenvalue weighted by Gasteiger charge is 2.37. The van der Waals surface area contributed by atoms with E-state index in [0.717, 1.165) is 0 Å². The Morgan fingerprint density at radius 1 is 1.12 bits per heavy atom. The quantitative estimate of drug-likeness (QED) is 0.826. The molecule has 0 bridgehead atoms. The van der Waals surface area contributed by atoms with Gasteiger partial charge in [-0.25, -0.2) is 9.59 Å². The molecular weight excluding hydrogens is 346 g/mol. The second-order valence-corrected chi connectivity index (χ2v) is 5.44. The molecule has 2 aromatic rings. The molecule has 128 valence electrons. The summed E-state index contributed by atoms with van der Waals surface area (Å²) in [6, 6.07) is 15.4. The van der Waals surface area contributed by atoms with Gasteiger partial charge in [0.25, 0.3) is 6.29 Å². The summed E-state index contributed by atoms with van der Waals surface area (Å²) in [7, 11) is 1.51. The minimum absolute atomic E-state index is 0.139. The van der Waals surface area contributed by atoms with Gasteiger partial charge in [0.05, 0.1) is 18.4 Å². The zero-order valence-electron chi connectivity index (χ0n) is 13.2. The van der Waals surface area contributed by atoms with Crippen molar-refractivity contribution in [2.45, 2.75) is 6.29 Å². The standard InChI is InChI=1S/C18H14ClNO5/c1-23-13-10-6-5-9-12(13)20-15-14(19)17(22)25-18(15)24-16(21)11-7-3-2-4-8-11/h2-10,18,20H,1H3/t18-/m1/s1. The molecule has 1 N–H and O–H groups in total. The molecule has 0 fully saturated rings. The number of carbonyl (C=O) groups excluding carboxylic acids is 2. The van der Waals surface area contributed by atoms with Gasteiger partial charge in [-0.2, -0.15) is 0 Å². The van der Waals surface area contributed by atoms with E-state index in [-0.39, 0.29) is 10.7 Å². The van der Waals surface area contributed by atoms with Crippen molar-refractivity contribution in [3.8, 4) is 5.75 Å². The van der Waals surface area contributed by atoms with Crippen LogP contribution in [0.25, 0.3) is 0 Å². The number of hydrogen-bond donors (Lipinski definition) is 1. The number of nitrogens with one attached hydrogen (secondary N) is 1. The Hall–Kier alpha value is -2.99. The Kier molecular flexibility index (Phi) is 4.90. The first-order chi connectivity index (χ1) is 12.1. The van der Waals surface area contributed by atoms with Crippen LogP contribution in [-0.2, 0) is 14.3 Å². The topological polar surface area (TPSA) is 73.9 Å². The van der Waals surface area contributed by atoms with Gasteiger partial charge in [0, 0.05) is 0 Å². The number of esters is 2. The highest BCUT2D eigenvalue weighted by molar-refractivity contribution is 6.42. The number of para-hydroxylation sites is 2. The van der Waals surface area contributed by atoms with Gasteiger partial charge in [-0.1, -0.05) is 41.9 Å². The van der Waals surface area contributed by atoms with Crippen LogP contribution in [0, 0.1) is 0 Å². The molecular formula is C18H14ClNO5. The maximum Gasteiger partial charge on any atom is 0.355 e. The zero-order chi connectivity index (χ0) is 17.8. The van der Waals surface area contributed by atoms with Crippen molar-refractivity contribution in [1.29, 1.82) is 0 Å². The van der Waals surface area contributed by atoms with Gasteiger partial charge >= 0.3 is 11.9 Å². The molecule has 25 heavy (non-hydrogen) atoms. The molecule has 0 saturated heterocycles. The predicted molar refractivity (Wildman–Crippen MR) is 91.2 cm³/mol. The zero-order valence-corrected chi connectivity index (χ0v) is 13.9. The van der Waals surface area contributed by atoms with Crippen molar-refractivity contribution in [3.63, 3.8) is 0 Å². The number of anilines is 1. The van der Waals surface area contributed by atoms with E-state index in [0.29, 0.717) is 17.0 Å². The van der Waals surface area contributed by atoms with Crippen molar-refractivity contribution in [3.05, 3.63) is 70.9 Å². The van der Waals surface area contributed by atoms with Gasteiger partial charge < -0.3 is 19.5 Å². The molecule has 0 saturated carbocycles. The molecule has 0 unspecified atom stereocenters. The summed E-state index contributed by atoms with van der Waals surface area (Å²) < 4.78 is 15.5. The lowest BCUT2D eigenvalue weighted by atomic mass is 10.2. The largest absolute Gasteiger partial charge is 0.495 e. The molecule has 0 aromatic heterocycles. The predicted octanol–water partition coefficient (Wildman–Crippen LogP) is 3.30. The van der Waals surface area contributed by atoms with E-state index in [2.05, 4.69) is 5.32 Å². The average molecular weight is 360 g/mol. The van der Waals surface area contributed by atoms with Crippen molar-refractivity contribution in [1.82, 2.24) is 0 Å². The smallest absolute Gasteiger partial charge is 0.355 e. The number of halogens is 1. The highest BCUT2D eigenvalue weighted by Crippen LogP contribution is 2.32. The van der Waals surface area contributed by atoms with Crippen LogP contribution >= 0.6 is 11.6 Å². The molecule has 0 amide bonds. The molecule has 1 heterocycles. The van der Waals surface area contributed by atoms with Crippen LogP contribution in [-0.4, -0.2) is 25.3 Å². The molecule has 6 nitrogen and oxygen atoms in total. The van der Waals surface area contributed by atoms with E-state index in [9.17, 15) is 9.59 Å². The summed E-state index contributed by atoms with van der Waals surface area (Å²) in [4.78, 5) is 24.0. The van der Waals surface area contributed by atoms with Gasteiger partial charge in [-0.15, -0.1) is 0 Å². The van der Waals surface area contributed by atoms with Gasteiger partial charge in [0.15, 0.2) is 5.03 Å². The van der Waals surface area contributed by atoms with Crippen LogP contribution in [0.4, 0.5) is 5.69 Å². The molecule has 0 spiro atoms. The Morgan fingerprint density at radius 3 is 2.52 bits per heavy atom. The summed E-state index contributed by atoms with van der Waals surface area (Å²) in [6.45, 7) is 0. The lowest BCUT2D eigenvalue weighted by molar-refractivity contribution is -0.152. The Morgan fingerprint density at radius 2 is 1.80 bits per heavy atom.